The van der Waals surface area contributed by atoms with Crippen LogP contribution in [0.25, 0.3) is 22.5 Å². The molecule has 0 aliphatic rings. The van der Waals surface area contributed by atoms with Gasteiger partial charge in [-0.3, -0.25) is 19.2 Å². The maximum atomic E-state index is 12.9. The number of benzene rings is 2. The van der Waals surface area contributed by atoms with Crippen molar-refractivity contribution >= 4 is 23.6 Å². The zero-order valence-electron chi connectivity index (χ0n) is 25.2. The molecule has 2 aromatic carbocycles. The molecule has 230 valence electrons. The highest BCUT2D eigenvalue weighted by atomic mass is 16.2. The quantitative estimate of drug-likeness (QED) is 0.129. The summed E-state index contributed by atoms with van der Waals surface area (Å²) in [6, 6.07) is 12.4. The summed E-state index contributed by atoms with van der Waals surface area (Å²) in [4.78, 5) is 65.7. The molecule has 0 aliphatic heterocycles. The number of nitrogens with zero attached hydrogens (tertiary/aromatic N) is 2. The number of imidazole rings is 2. The molecule has 2 aromatic heterocycles. The van der Waals surface area contributed by atoms with E-state index < -0.39 is 12.1 Å². The van der Waals surface area contributed by atoms with Crippen LogP contribution in [0.15, 0.2) is 73.6 Å². The molecule has 0 spiro atoms. The molecule has 2 atom stereocenters. The maximum Gasteiger partial charge on any atom is 0.251 e. The van der Waals surface area contributed by atoms with E-state index in [4.69, 9.17) is 0 Å². The van der Waals surface area contributed by atoms with E-state index in [2.05, 4.69) is 41.2 Å². The number of rotatable bonds is 13. The first kappa shape index (κ1) is 31.7. The molecule has 4 rings (SSSR count). The Kier molecular flexibility index (Phi) is 10.6. The van der Waals surface area contributed by atoms with Gasteiger partial charge in [-0.25, -0.2) is 9.97 Å². The van der Waals surface area contributed by atoms with Crippen LogP contribution in [0.1, 0.15) is 48.4 Å². The van der Waals surface area contributed by atoms with E-state index in [0.717, 1.165) is 22.5 Å². The Labute approximate surface area is 255 Å². The average molecular weight is 599 g/mol. The van der Waals surface area contributed by atoms with Crippen LogP contribution in [-0.4, -0.2) is 68.7 Å². The molecule has 12 heteroatoms. The highest BCUT2D eigenvalue weighted by Crippen LogP contribution is 2.18. The standard InChI is InChI=1S/C32H38N8O4/c1-19(2)27(39-29(41)23-9-5-21(6-10-23)25-15-33-17-37-25)31(43)35-13-14-36-32(44)28(20(3)4)40-30(42)24-11-7-22(8-12-24)26-16-34-18-38-26/h5-12,15-20,27-28H,13-14H2,1-4H3,(H,33,37)(H,34,38)(H,35,43)(H,36,44)(H,39,41)(H,40,42)/t27-,28-/m0/s1. The second kappa shape index (κ2) is 14.8. The number of H-pyrrole nitrogens is 2. The lowest BCUT2D eigenvalue weighted by Crippen LogP contribution is -2.52. The van der Waals surface area contributed by atoms with Crippen molar-refractivity contribution in [3.05, 3.63) is 84.7 Å². The summed E-state index contributed by atoms with van der Waals surface area (Å²) < 4.78 is 0. The number of carbonyl (C=O) groups is 4. The van der Waals surface area contributed by atoms with Crippen LogP contribution in [0.3, 0.4) is 0 Å². The van der Waals surface area contributed by atoms with Gasteiger partial charge in [-0.05, 0) is 47.2 Å². The Morgan fingerprint density at radius 3 is 1.27 bits per heavy atom. The van der Waals surface area contributed by atoms with Gasteiger partial charge in [0.25, 0.3) is 11.8 Å². The summed E-state index contributed by atoms with van der Waals surface area (Å²) in [6.07, 6.45) is 6.55. The molecule has 0 saturated heterocycles. The summed E-state index contributed by atoms with van der Waals surface area (Å²) in [5, 5.41) is 11.2. The zero-order valence-corrected chi connectivity index (χ0v) is 25.2. The monoisotopic (exact) mass is 598 g/mol. The van der Waals surface area contributed by atoms with Gasteiger partial charge >= 0.3 is 0 Å². The van der Waals surface area contributed by atoms with Crippen molar-refractivity contribution in [1.29, 1.82) is 0 Å². The lowest BCUT2D eigenvalue weighted by molar-refractivity contribution is -0.125. The third-order valence-corrected chi connectivity index (χ3v) is 7.11. The number of carbonyl (C=O) groups excluding carboxylic acids is 4. The molecule has 4 aromatic rings. The van der Waals surface area contributed by atoms with Gasteiger partial charge in [0.05, 0.1) is 36.4 Å². The largest absolute Gasteiger partial charge is 0.353 e. The second-order valence-corrected chi connectivity index (χ2v) is 11.1. The maximum absolute atomic E-state index is 12.9. The lowest BCUT2D eigenvalue weighted by atomic mass is 10.0. The summed E-state index contributed by atoms with van der Waals surface area (Å²) in [5.41, 5.74) is 4.30. The van der Waals surface area contributed by atoms with Gasteiger partial charge in [-0.2, -0.15) is 0 Å². The number of nitrogens with one attached hydrogen (secondary N) is 6. The van der Waals surface area contributed by atoms with Crippen LogP contribution in [0, 0.1) is 11.8 Å². The minimum atomic E-state index is -0.771. The minimum absolute atomic E-state index is 0.149. The van der Waals surface area contributed by atoms with E-state index >= 15 is 0 Å². The first-order valence-electron chi connectivity index (χ1n) is 14.5. The molecule has 44 heavy (non-hydrogen) atoms. The third-order valence-electron chi connectivity index (χ3n) is 7.11. The molecule has 4 amide bonds. The summed E-state index contributed by atoms with van der Waals surface area (Å²) in [7, 11) is 0. The van der Waals surface area contributed by atoms with E-state index in [1.807, 2.05) is 27.7 Å². The fourth-order valence-corrected chi connectivity index (χ4v) is 4.54. The number of aromatic nitrogens is 4. The molecule has 0 unspecified atom stereocenters. The Hall–Kier alpha value is -5.26. The van der Waals surface area contributed by atoms with Crippen LogP contribution in [-0.2, 0) is 9.59 Å². The van der Waals surface area contributed by atoms with Crippen molar-refractivity contribution in [2.75, 3.05) is 13.1 Å². The van der Waals surface area contributed by atoms with Gasteiger partial charge in [-0.15, -0.1) is 0 Å². The van der Waals surface area contributed by atoms with Crippen LogP contribution in [0.5, 0.6) is 0 Å². The Morgan fingerprint density at radius 2 is 0.977 bits per heavy atom. The minimum Gasteiger partial charge on any atom is -0.353 e. The van der Waals surface area contributed by atoms with Crippen molar-refractivity contribution in [2.24, 2.45) is 11.8 Å². The van der Waals surface area contributed by atoms with Gasteiger partial charge in [-0.1, -0.05) is 52.0 Å². The molecule has 0 fully saturated rings. The topological polar surface area (TPSA) is 174 Å². The highest BCUT2D eigenvalue weighted by molar-refractivity contribution is 5.98. The van der Waals surface area contributed by atoms with Crippen LogP contribution in [0.2, 0.25) is 0 Å². The number of amides is 4. The van der Waals surface area contributed by atoms with Gasteiger partial charge in [0.1, 0.15) is 12.1 Å². The van der Waals surface area contributed by atoms with Crippen molar-refractivity contribution in [3.8, 4) is 22.5 Å². The predicted molar refractivity (Wildman–Crippen MR) is 166 cm³/mol. The molecule has 2 heterocycles. The van der Waals surface area contributed by atoms with E-state index in [1.165, 1.54) is 0 Å². The summed E-state index contributed by atoms with van der Waals surface area (Å²) in [6.45, 7) is 7.67. The summed E-state index contributed by atoms with van der Waals surface area (Å²) in [5.74, 6) is -1.80. The smallest absolute Gasteiger partial charge is 0.251 e. The van der Waals surface area contributed by atoms with Crippen molar-refractivity contribution in [3.63, 3.8) is 0 Å². The first-order valence-corrected chi connectivity index (χ1v) is 14.5. The molecule has 0 bridgehead atoms. The first-order chi connectivity index (χ1) is 21.1. The Bertz CT molecular complexity index is 1410. The number of hydrogen-bond donors (Lipinski definition) is 6. The predicted octanol–water partition coefficient (Wildman–Crippen LogP) is 2.91. The van der Waals surface area contributed by atoms with Crippen molar-refractivity contribution < 1.29 is 19.2 Å². The SMILES string of the molecule is CC(C)[C@H](NC(=O)c1ccc(-c2cnc[nH]2)cc1)C(=O)NCCNC(=O)[C@@H](NC(=O)c1ccc(-c2cnc[nH]2)cc1)C(C)C. The van der Waals surface area contributed by atoms with Gasteiger partial charge in [0, 0.05) is 24.2 Å². The third kappa shape index (κ3) is 8.18. The fourth-order valence-electron chi connectivity index (χ4n) is 4.54. The number of aromatic amines is 2. The van der Waals surface area contributed by atoms with Crippen LogP contribution in [0.4, 0.5) is 0 Å². The summed E-state index contributed by atoms with van der Waals surface area (Å²) >= 11 is 0. The van der Waals surface area contributed by atoms with Crippen LogP contribution < -0.4 is 21.3 Å². The number of hydrogen-bond acceptors (Lipinski definition) is 6. The Morgan fingerprint density at radius 1 is 0.614 bits per heavy atom. The van der Waals surface area contributed by atoms with Crippen LogP contribution >= 0.6 is 0 Å². The molecule has 12 nitrogen and oxygen atoms in total. The molecular weight excluding hydrogens is 560 g/mol. The van der Waals surface area contributed by atoms with E-state index in [0.29, 0.717) is 11.1 Å². The van der Waals surface area contributed by atoms with E-state index in [-0.39, 0.29) is 48.6 Å². The molecule has 6 N–H and O–H groups in total. The van der Waals surface area contributed by atoms with Crippen molar-refractivity contribution in [1.82, 2.24) is 41.2 Å². The lowest BCUT2D eigenvalue weighted by Gasteiger charge is -2.23. The second-order valence-electron chi connectivity index (χ2n) is 11.1. The van der Waals surface area contributed by atoms with Crippen molar-refractivity contribution in [2.45, 2.75) is 39.8 Å². The average Bonchev–Trinajstić information content (AvgIpc) is 3.76. The van der Waals surface area contributed by atoms with E-state index in [1.54, 1.807) is 73.6 Å². The Balaban J connectivity index is 1.24. The van der Waals surface area contributed by atoms with E-state index in [9.17, 15) is 19.2 Å². The zero-order chi connectivity index (χ0) is 31.6. The molecular formula is C32H38N8O4. The molecule has 0 aliphatic carbocycles. The highest BCUT2D eigenvalue weighted by Gasteiger charge is 2.26. The molecule has 0 saturated carbocycles. The van der Waals surface area contributed by atoms with Gasteiger partial charge in [0.2, 0.25) is 11.8 Å². The van der Waals surface area contributed by atoms with Gasteiger partial charge in [0.15, 0.2) is 0 Å². The molecule has 0 radical (unpaired) electrons. The normalized spacial score (nSPS) is 12.4. The fraction of sp³-hybridized carbons (Fsp3) is 0.312. The van der Waals surface area contributed by atoms with Gasteiger partial charge < -0.3 is 31.2 Å².